The number of likely N-dealkylation sites (tertiary alicyclic amines) is 1. The molecule has 1 aliphatic heterocycles. The van der Waals surface area contributed by atoms with Crippen LogP contribution in [0.25, 0.3) is 5.78 Å². The number of carbonyl (C=O) groups excluding carboxylic acids is 1. The average molecular weight is 355 g/mol. The van der Waals surface area contributed by atoms with Crippen LogP contribution in [0.4, 0.5) is 13.2 Å². The molecular formula is C16H20F3N5O. The van der Waals surface area contributed by atoms with Crippen molar-refractivity contribution in [1.82, 2.24) is 24.5 Å². The Balaban J connectivity index is 1.93. The molecule has 0 N–H and O–H groups in total. The number of nitrogens with zero attached hydrogens (tertiary/aromatic N) is 5. The van der Waals surface area contributed by atoms with E-state index in [0.29, 0.717) is 18.8 Å². The van der Waals surface area contributed by atoms with Gasteiger partial charge in [-0.3, -0.25) is 4.79 Å². The zero-order chi connectivity index (χ0) is 18.4. The summed E-state index contributed by atoms with van der Waals surface area (Å²) in [6.45, 7) is 6.69. The van der Waals surface area contributed by atoms with E-state index in [1.165, 1.54) is 6.20 Å². The van der Waals surface area contributed by atoms with Gasteiger partial charge in [0, 0.05) is 30.6 Å². The Kier molecular flexibility index (Phi) is 4.20. The predicted molar refractivity (Wildman–Crippen MR) is 83.8 cm³/mol. The molecule has 1 fully saturated rings. The molecule has 0 radical (unpaired) electrons. The van der Waals surface area contributed by atoms with Gasteiger partial charge in [0.05, 0.1) is 5.69 Å². The molecule has 6 nitrogen and oxygen atoms in total. The van der Waals surface area contributed by atoms with Crippen molar-refractivity contribution in [2.45, 2.75) is 45.7 Å². The van der Waals surface area contributed by atoms with Crippen LogP contribution in [-0.2, 0) is 11.0 Å². The van der Waals surface area contributed by atoms with Crippen molar-refractivity contribution in [2.24, 2.45) is 5.41 Å². The van der Waals surface area contributed by atoms with Crippen molar-refractivity contribution < 1.29 is 18.0 Å². The molecule has 1 aliphatic rings. The minimum absolute atomic E-state index is 0.0390. The Morgan fingerprint density at radius 2 is 2.00 bits per heavy atom. The van der Waals surface area contributed by atoms with Crippen LogP contribution in [-0.4, -0.2) is 43.5 Å². The predicted octanol–water partition coefficient (Wildman–Crippen LogP) is 2.90. The summed E-state index contributed by atoms with van der Waals surface area (Å²) < 4.78 is 39.8. The highest BCUT2D eigenvalue weighted by molar-refractivity contribution is 5.81. The average Bonchev–Trinajstić information content (AvgIpc) is 2.97. The number of fused-ring (bicyclic) bond motifs is 1. The van der Waals surface area contributed by atoms with Gasteiger partial charge in [0.15, 0.2) is 0 Å². The molecular weight excluding hydrogens is 335 g/mol. The van der Waals surface area contributed by atoms with Crippen LogP contribution in [0, 0.1) is 5.41 Å². The van der Waals surface area contributed by atoms with E-state index < -0.39 is 17.4 Å². The molecule has 9 heteroatoms. The molecule has 0 bridgehead atoms. The first kappa shape index (κ1) is 17.6. The fourth-order valence-corrected chi connectivity index (χ4v) is 3.12. The lowest BCUT2D eigenvalue weighted by atomic mass is 9.90. The normalized spacial score (nSPS) is 19.4. The van der Waals surface area contributed by atoms with Crippen LogP contribution in [0.3, 0.4) is 0 Å². The molecule has 0 aromatic carbocycles. The summed E-state index contributed by atoms with van der Waals surface area (Å²) in [5, 5.41) is 3.59. The topological polar surface area (TPSA) is 63.4 Å². The zero-order valence-electron chi connectivity index (χ0n) is 14.3. The SMILES string of the molecule is CC(C)(C)C(=O)N1CCCC(c2ccnc3nc(C(F)(F)F)nn23)C1. The van der Waals surface area contributed by atoms with Crippen LogP contribution in [0.5, 0.6) is 0 Å². The molecule has 1 amide bonds. The van der Waals surface area contributed by atoms with Crippen LogP contribution in [0.2, 0.25) is 0 Å². The number of amides is 1. The molecule has 2 aromatic rings. The van der Waals surface area contributed by atoms with E-state index in [0.717, 1.165) is 17.4 Å². The minimum atomic E-state index is -4.62. The number of hydrogen-bond acceptors (Lipinski definition) is 4. The molecule has 2 aromatic heterocycles. The van der Waals surface area contributed by atoms with Gasteiger partial charge in [0.2, 0.25) is 5.91 Å². The van der Waals surface area contributed by atoms with Crippen molar-refractivity contribution in [1.29, 1.82) is 0 Å². The lowest BCUT2D eigenvalue weighted by molar-refractivity contribution is -0.144. The number of alkyl halides is 3. The third-order valence-corrected chi connectivity index (χ3v) is 4.29. The summed E-state index contributed by atoms with van der Waals surface area (Å²) >= 11 is 0. The quantitative estimate of drug-likeness (QED) is 0.789. The molecule has 3 heterocycles. The fourth-order valence-electron chi connectivity index (χ4n) is 3.12. The van der Waals surface area contributed by atoms with Crippen molar-refractivity contribution in [3.8, 4) is 0 Å². The lowest BCUT2D eigenvalue weighted by Crippen LogP contribution is -2.44. The van der Waals surface area contributed by atoms with Gasteiger partial charge in [0.25, 0.3) is 11.6 Å². The standard InChI is InChI=1S/C16H20F3N5O/c1-15(2,3)13(25)23-8-4-5-10(9-23)11-6-7-20-14-21-12(16(17,18)19)22-24(11)14/h6-7,10H,4-5,8-9H2,1-3H3. The number of rotatable bonds is 1. The Morgan fingerprint density at radius 1 is 1.28 bits per heavy atom. The summed E-state index contributed by atoms with van der Waals surface area (Å²) in [5.74, 6) is -1.35. The Hall–Kier alpha value is -2.19. The van der Waals surface area contributed by atoms with E-state index in [9.17, 15) is 18.0 Å². The summed E-state index contributed by atoms with van der Waals surface area (Å²) in [4.78, 5) is 21.6. The van der Waals surface area contributed by atoms with E-state index >= 15 is 0 Å². The minimum Gasteiger partial charge on any atom is -0.342 e. The Bertz CT molecular complexity index is 793. The van der Waals surface area contributed by atoms with Crippen molar-refractivity contribution in [3.63, 3.8) is 0 Å². The molecule has 1 atom stereocenters. The Labute approximate surface area is 143 Å². The maximum Gasteiger partial charge on any atom is 0.453 e. The highest BCUT2D eigenvalue weighted by Gasteiger charge is 2.37. The molecule has 136 valence electrons. The van der Waals surface area contributed by atoms with E-state index in [-0.39, 0.29) is 17.6 Å². The third kappa shape index (κ3) is 3.45. The first-order valence-corrected chi connectivity index (χ1v) is 8.15. The van der Waals surface area contributed by atoms with Gasteiger partial charge in [-0.15, -0.1) is 5.10 Å². The van der Waals surface area contributed by atoms with Crippen molar-refractivity contribution in [3.05, 3.63) is 23.8 Å². The second-order valence-corrected chi connectivity index (χ2v) is 7.35. The molecule has 1 unspecified atom stereocenters. The van der Waals surface area contributed by atoms with E-state index in [1.807, 2.05) is 20.8 Å². The maximum atomic E-state index is 12.9. The summed E-state index contributed by atoms with van der Waals surface area (Å²) in [7, 11) is 0. The monoisotopic (exact) mass is 355 g/mol. The van der Waals surface area contributed by atoms with Gasteiger partial charge in [-0.2, -0.15) is 18.2 Å². The first-order chi connectivity index (χ1) is 11.6. The molecule has 25 heavy (non-hydrogen) atoms. The maximum absolute atomic E-state index is 12.9. The summed E-state index contributed by atoms with van der Waals surface area (Å²) in [5.41, 5.74) is 0.103. The van der Waals surface area contributed by atoms with Gasteiger partial charge in [-0.1, -0.05) is 20.8 Å². The van der Waals surface area contributed by atoms with Gasteiger partial charge >= 0.3 is 6.18 Å². The van der Waals surface area contributed by atoms with Gasteiger partial charge < -0.3 is 4.90 Å². The number of carbonyl (C=O) groups is 1. The second kappa shape index (κ2) is 5.96. The van der Waals surface area contributed by atoms with Crippen LogP contribution < -0.4 is 0 Å². The van der Waals surface area contributed by atoms with E-state index in [1.54, 1.807) is 11.0 Å². The number of piperidine rings is 1. The van der Waals surface area contributed by atoms with Gasteiger partial charge in [-0.05, 0) is 18.9 Å². The van der Waals surface area contributed by atoms with Crippen LogP contribution in [0.15, 0.2) is 12.3 Å². The highest BCUT2D eigenvalue weighted by atomic mass is 19.4. The highest BCUT2D eigenvalue weighted by Crippen LogP contribution is 2.31. The molecule has 0 saturated carbocycles. The van der Waals surface area contributed by atoms with Crippen molar-refractivity contribution in [2.75, 3.05) is 13.1 Å². The largest absolute Gasteiger partial charge is 0.453 e. The third-order valence-electron chi connectivity index (χ3n) is 4.29. The van der Waals surface area contributed by atoms with Crippen LogP contribution in [0.1, 0.15) is 51.0 Å². The smallest absolute Gasteiger partial charge is 0.342 e. The number of halogens is 3. The van der Waals surface area contributed by atoms with E-state index in [4.69, 9.17) is 0 Å². The van der Waals surface area contributed by atoms with Crippen LogP contribution >= 0.6 is 0 Å². The summed E-state index contributed by atoms with van der Waals surface area (Å²) in [6, 6.07) is 1.65. The number of aromatic nitrogens is 4. The molecule has 0 spiro atoms. The molecule has 0 aliphatic carbocycles. The lowest BCUT2D eigenvalue weighted by Gasteiger charge is -2.36. The van der Waals surface area contributed by atoms with Gasteiger partial charge in [-0.25, -0.2) is 9.50 Å². The molecule has 1 saturated heterocycles. The first-order valence-electron chi connectivity index (χ1n) is 8.15. The second-order valence-electron chi connectivity index (χ2n) is 7.35. The van der Waals surface area contributed by atoms with Gasteiger partial charge in [0.1, 0.15) is 0 Å². The zero-order valence-corrected chi connectivity index (χ0v) is 14.3. The Morgan fingerprint density at radius 3 is 2.64 bits per heavy atom. The van der Waals surface area contributed by atoms with E-state index in [2.05, 4.69) is 15.1 Å². The van der Waals surface area contributed by atoms with Crippen molar-refractivity contribution >= 4 is 11.7 Å². The summed E-state index contributed by atoms with van der Waals surface area (Å²) in [6.07, 6.45) is -1.62. The molecule has 3 rings (SSSR count). The number of hydrogen-bond donors (Lipinski definition) is 0. The fraction of sp³-hybridized carbons (Fsp3) is 0.625.